The largest absolute Gasteiger partial charge is 0.352 e. The predicted octanol–water partition coefficient (Wildman–Crippen LogP) is 2.16. The summed E-state index contributed by atoms with van der Waals surface area (Å²) in [7, 11) is 0. The van der Waals surface area contributed by atoms with Gasteiger partial charge in [-0.2, -0.15) is 0 Å². The summed E-state index contributed by atoms with van der Waals surface area (Å²) >= 11 is 0. The lowest BCUT2D eigenvalue weighted by Gasteiger charge is -2.05. The molecule has 0 aliphatic carbocycles. The zero-order valence-corrected chi connectivity index (χ0v) is 8.43. The molecule has 2 nitrogen and oxygen atoms in total. The number of benzene rings is 1. The van der Waals surface area contributed by atoms with Gasteiger partial charge in [0.25, 0.3) is 0 Å². The topological polar surface area (TPSA) is 29.1 Å². The molecule has 0 spiro atoms. The highest BCUT2D eigenvalue weighted by Gasteiger charge is 2.03. The molecule has 0 heterocycles. The smallest absolute Gasteiger partial charge is 0.219 e. The SMILES string of the molecule is CCC(=O)NCc1ccc(C)cc1F. The second-order valence-electron chi connectivity index (χ2n) is 3.23. The molecule has 0 aliphatic heterocycles. The van der Waals surface area contributed by atoms with Gasteiger partial charge in [0.2, 0.25) is 5.91 Å². The third-order valence-electron chi connectivity index (χ3n) is 2.01. The zero-order valence-electron chi connectivity index (χ0n) is 8.43. The van der Waals surface area contributed by atoms with Gasteiger partial charge in [-0.15, -0.1) is 0 Å². The second-order valence-corrected chi connectivity index (χ2v) is 3.23. The summed E-state index contributed by atoms with van der Waals surface area (Å²) in [5.74, 6) is -0.327. The molecule has 1 N–H and O–H groups in total. The van der Waals surface area contributed by atoms with Crippen LogP contribution in [0.15, 0.2) is 18.2 Å². The molecule has 0 atom stereocenters. The van der Waals surface area contributed by atoms with Crippen LogP contribution in [0, 0.1) is 12.7 Å². The Kier molecular flexibility index (Phi) is 3.63. The van der Waals surface area contributed by atoms with Gasteiger partial charge in [0.1, 0.15) is 5.82 Å². The summed E-state index contributed by atoms with van der Waals surface area (Å²) in [4.78, 5) is 10.9. The van der Waals surface area contributed by atoms with Crippen molar-refractivity contribution < 1.29 is 9.18 Å². The molecule has 1 rings (SSSR count). The first-order valence-corrected chi connectivity index (χ1v) is 4.65. The van der Waals surface area contributed by atoms with E-state index >= 15 is 0 Å². The molecule has 76 valence electrons. The molecular weight excluding hydrogens is 181 g/mol. The van der Waals surface area contributed by atoms with Crippen LogP contribution in [0.25, 0.3) is 0 Å². The van der Waals surface area contributed by atoms with Gasteiger partial charge in [-0.25, -0.2) is 4.39 Å². The standard InChI is InChI=1S/C11H14FNO/c1-3-11(14)13-7-9-5-4-8(2)6-10(9)12/h4-6H,3,7H2,1-2H3,(H,13,14). The molecule has 1 aromatic rings. The molecule has 0 bridgehead atoms. The van der Waals surface area contributed by atoms with Gasteiger partial charge in [-0.3, -0.25) is 4.79 Å². The van der Waals surface area contributed by atoms with E-state index in [-0.39, 0.29) is 18.3 Å². The Bertz CT molecular complexity index is 336. The minimum atomic E-state index is -0.263. The molecular formula is C11H14FNO. The van der Waals surface area contributed by atoms with Crippen molar-refractivity contribution in [2.45, 2.75) is 26.8 Å². The molecule has 14 heavy (non-hydrogen) atoms. The molecule has 1 aromatic carbocycles. The summed E-state index contributed by atoms with van der Waals surface area (Å²) in [5, 5.41) is 2.63. The Hall–Kier alpha value is -1.38. The summed E-state index contributed by atoms with van der Waals surface area (Å²) in [6.45, 7) is 3.86. The van der Waals surface area contributed by atoms with E-state index in [1.165, 1.54) is 6.07 Å². The lowest BCUT2D eigenvalue weighted by atomic mass is 10.1. The third kappa shape index (κ3) is 2.83. The van der Waals surface area contributed by atoms with E-state index in [0.717, 1.165) is 5.56 Å². The minimum absolute atomic E-state index is 0.0648. The Morgan fingerprint density at radius 2 is 2.21 bits per heavy atom. The summed E-state index contributed by atoms with van der Waals surface area (Å²) in [6, 6.07) is 4.99. The van der Waals surface area contributed by atoms with Gasteiger partial charge in [0, 0.05) is 18.5 Å². The first-order chi connectivity index (χ1) is 6.63. The van der Waals surface area contributed by atoms with Crippen molar-refractivity contribution in [3.63, 3.8) is 0 Å². The van der Waals surface area contributed by atoms with Crippen molar-refractivity contribution in [1.29, 1.82) is 0 Å². The molecule has 3 heteroatoms. The van der Waals surface area contributed by atoms with Gasteiger partial charge in [-0.1, -0.05) is 19.1 Å². The first-order valence-electron chi connectivity index (χ1n) is 4.65. The molecule has 0 radical (unpaired) electrons. The van der Waals surface area contributed by atoms with Crippen molar-refractivity contribution >= 4 is 5.91 Å². The highest BCUT2D eigenvalue weighted by molar-refractivity contribution is 5.75. The van der Waals surface area contributed by atoms with Crippen molar-refractivity contribution in [1.82, 2.24) is 5.32 Å². The molecule has 0 aliphatic rings. The van der Waals surface area contributed by atoms with E-state index in [1.807, 2.05) is 13.0 Å². The number of hydrogen-bond acceptors (Lipinski definition) is 1. The normalized spacial score (nSPS) is 9.93. The lowest BCUT2D eigenvalue weighted by molar-refractivity contribution is -0.120. The van der Waals surface area contributed by atoms with Gasteiger partial charge in [0.05, 0.1) is 0 Å². The molecule has 0 fully saturated rings. The lowest BCUT2D eigenvalue weighted by Crippen LogP contribution is -2.21. The third-order valence-corrected chi connectivity index (χ3v) is 2.01. The fraction of sp³-hybridized carbons (Fsp3) is 0.364. The number of carbonyl (C=O) groups is 1. The van der Waals surface area contributed by atoms with Crippen molar-refractivity contribution in [3.05, 3.63) is 35.1 Å². The Morgan fingerprint density at radius 3 is 2.79 bits per heavy atom. The van der Waals surface area contributed by atoms with Crippen LogP contribution in [0.4, 0.5) is 4.39 Å². The zero-order chi connectivity index (χ0) is 10.6. The van der Waals surface area contributed by atoms with Crippen LogP contribution < -0.4 is 5.32 Å². The number of hydrogen-bond donors (Lipinski definition) is 1. The van der Waals surface area contributed by atoms with Crippen LogP contribution in [0.1, 0.15) is 24.5 Å². The van der Waals surface area contributed by atoms with E-state index in [2.05, 4.69) is 5.32 Å². The van der Waals surface area contributed by atoms with Crippen LogP contribution in [0.3, 0.4) is 0 Å². The maximum Gasteiger partial charge on any atom is 0.219 e. The van der Waals surface area contributed by atoms with Crippen LogP contribution in [0.2, 0.25) is 0 Å². The molecule has 0 saturated heterocycles. The number of aryl methyl sites for hydroxylation is 1. The van der Waals surface area contributed by atoms with Crippen LogP contribution in [0.5, 0.6) is 0 Å². The Balaban J connectivity index is 2.63. The number of carbonyl (C=O) groups excluding carboxylic acids is 1. The van der Waals surface area contributed by atoms with Gasteiger partial charge < -0.3 is 5.32 Å². The molecule has 0 unspecified atom stereocenters. The first kappa shape index (κ1) is 10.7. The van der Waals surface area contributed by atoms with Gasteiger partial charge in [-0.05, 0) is 18.6 Å². The Labute approximate surface area is 83.1 Å². The second kappa shape index (κ2) is 4.74. The number of halogens is 1. The average Bonchev–Trinajstić information content (AvgIpc) is 2.16. The van der Waals surface area contributed by atoms with Crippen molar-refractivity contribution in [2.24, 2.45) is 0 Å². The fourth-order valence-electron chi connectivity index (χ4n) is 1.11. The average molecular weight is 195 g/mol. The summed E-state index contributed by atoms with van der Waals surface area (Å²) in [6.07, 6.45) is 0.424. The van der Waals surface area contributed by atoms with E-state index in [4.69, 9.17) is 0 Å². The molecule has 1 amide bonds. The van der Waals surface area contributed by atoms with Crippen LogP contribution in [-0.2, 0) is 11.3 Å². The number of amides is 1. The fourth-order valence-corrected chi connectivity index (χ4v) is 1.11. The maximum atomic E-state index is 13.3. The van der Waals surface area contributed by atoms with E-state index in [1.54, 1.807) is 13.0 Å². The van der Waals surface area contributed by atoms with Crippen LogP contribution in [-0.4, -0.2) is 5.91 Å². The predicted molar refractivity (Wildman–Crippen MR) is 53.3 cm³/mol. The summed E-state index contributed by atoms with van der Waals surface area (Å²) < 4.78 is 13.3. The van der Waals surface area contributed by atoms with Crippen molar-refractivity contribution in [2.75, 3.05) is 0 Å². The van der Waals surface area contributed by atoms with E-state index < -0.39 is 0 Å². The van der Waals surface area contributed by atoms with Gasteiger partial charge in [0.15, 0.2) is 0 Å². The van der Waals surface area contributed by atoms with Crippen molar-refractivity contribution in [3.8, 4) is 0 Å². The van der Waals surface area contributed by atoms with Gasteiger partial charge >= 0.3 is 0 Å². The number of rotatable bonds is 3. The minimum Gasteiger partial charge on any atom is -0.352 e. The van der Waals surface area contributed by atoms with E-state index in [9.17, 15) is 9.18 Å². The Morgan fingerprint density at radius 1 is 1.50 bits per heavy atom. The molecule has 0 saturated carbocycles. The number of nitrogens with one attached hydrogen (secondary N) is 1. The summed E-state index contributed by atoms with van der Waals surface area (Å²) in [5.41, 5.74) is 1.41. The monoisotopic (exact) mass is 195 g/mol. The molecule has 0 aromatic heterocycles. The van der Waals surface area contributed by atoms with E-state index in [0.29, 0.717) is 12.0 Å². The maximum absolute atomic E-state index is 13.3. The quantitative estimate of drug-likeness (QED) is 0.786. The highest BCUT2D eigenvalue weighted by Crippen LogP contribution is 2.09. The van der Waals surface area contributed by atoms with Crippen LogP contribution >= 0.6 is 0 Å². The highest BCUT2D eigenvalue weighted by atomic mass is 19.1.